The highest BCUT2D eigenvalue weighted by atomic mass is 35.5. The molecule has 1 aliphatic heterocycles. The number of aromatic nitrogens is 3. The van der Waals surface area contributed by atoms with Crippen LogP contribution in [-0.2, 0) is 4.79 Å². The summed E-state index contributed by atoms with van der Waals surface area (Å²) in [5.41, 5.74) is 10.4. The molecule has 2 heterocycles. The van der Waals surface area contributed by atoms with Gasteiger partial charge in [-0.1, -0.05) is 41.8 Å². The summed E-state index contributed by atoms with van der Waals surface area (Å²) >= 11 is 6.14. The van der Waals surface area contributed by atoms with Crippen molar-refractivity contribution >= 4 is 23.2 Å². The summed E-state index contributed by atoms with van der Waals surface area (Å²) < 4.78 is 2.01. The van der Waals surface area contributed by atoms with Gasteiger partial charge in [0.25, 0.3) is 0 Å². The molecular formula is C25H29ClN6O. The number of carbonyl (C=O) groups is 1. The predicted octanol–water partition coefficient (Wildman–Crippen LogP) is 4.06. The predicted molar refractivity (Wildman–Crippen MR) is 131 cm³/mol. The van der Waals surface area contributed by atoms with Crippen molar-refractivity contribution in [3.8, 4) is 5.69 Å². The molecule has 0 bridgehead atoms. The lowest BCUT2D eigenvalue weighted by atomic mass is 9.98. The monoisotopic (exact) mass is 464 g/mol. The zero-order valence-electron chi connectivity index (χ0n) is 19.0. The summed E-state index contributed by atoms with van der Waals surface area (Å²) in [6.07, 6.45) is 3.07. The second kappa shape index (κ2) is 10.3. The standard InChI is InChI=1S/C25H29ClN6O/c1-16-6-11-22-20(14-16)24(18-7-9-19(26)10-8-18)29-21(25-31-30-17(2)32(22)25)15-23(33)28-13-5-3-4-12-27/h6-11,14,21H,3-5,12-13,15,27H2,1-2H3,(H,28,33)/t21-/m0/s1. The van der Waals surface area contributed by atoms with Crippen LogP contribution < -0.4 is 11.1 Å². The molecule has 0 radical (unpaired) electrons. The highest BCUT2D eigenvalue weighted by molar-refractivity contribution is 6.30. The third-order valence-corrected chi connectivity index (χ3v) is 6.03. The largest absolute Gasteiger partial charge is 0.356 e. The third-order valence-electron chi connectivity index (χ3n) is 5.78. The fourth-order valence-electron chi connectivity index (χ4n) is 4.11. The van der Waals surface area contributed by atoms with Gasteiger partial charge in [-0.3, -0.25) is 14.4 Å². The Hall–Kier alpha value is -3.03. The second-order valence-corrected chi connectivity index (χ2v) is 8.80. The van der Waals surface area contributed by atoms with E-state index in [-0.39, 0.29) is 12.3 Å². The third kappa shape index (κ3) is 5.15. The lowest BCUT2D eigenvalue weighted by molar-refractivity contribution is -0.121. The molecule has 1 atom stereocenters. The molecule has 0 saturated carbocycles. The molecule has 8 heteroatoms. The van der Waals surface area contributed by atoms with Crippen LogP contribution in [0.5, 0.6) is 0 Å². The van der Waals surface area contributed by atoms with Gasteiger partial charge in [0, 0.05) is 22.7 Å². The Morgan fingerprint density at radius 3 is 2.64 bits per heavy atom. The van der Waals surface area contributed by atoms with Gasteiger partial charge >= 0.3 is 0 Å². The van der Waals surface area contributed by atoms with Gasteiger partial charge in [0.1, 0.15) is 11.9 Å². The Balaban J connectivity index is 1.73. The van der Waals surface area contributed by atoms with E-state index in [2.05, 4.69) is 40.6 Å². The van der Waals surface area contributed by atoms with E-state index in [1.807, 2.05) is 35.8 Å². The minimum absolute atomic E-state index is 0.0544. The van der Waals surface area contributed by atoms with Crippen molar-refractivity contribution in [1.29, 1.82) is 0 Å². The van der Waals surface area contributed by atoms with Crippen molar-refractivity contribution < 1.29 is 4.79 Å². The molecule has 0 unspecified atom stereocenters. The Labute approximate surface area is 199 Å². The van der Waals surface area contributed by atoms with Crippen molar-refractivity contribution in [2.75, 3.05) is 13.1 Å². The maximum Gasteiger partial charge on any atom is 0.222 e. The maximum absolute atomic E-state index is 12.8. The summed E-state index contributed by atoms with van der Waals surface area (Å²) in [5.74, 6) is 1.37. The van der Waals surface area contributed by atoms with Crippen LogP contribution in [0.25, 0.3) is 5.69 Å². The van der Waals surface area contributed by atoms with E-state index in [0.717, 1.165) is 53.2 Å². The number of rotatable bonds is 8. The summed E-state index contributed by atoms with van der Waals surface area (Å²) in [4.78, 5) is 17.9. The summed E-state index contributed by atoms with van der Waals surface area (Å²) in [7, 11) is 0. The van der Waals surface area contributed by atoms with E-state index in [1.54, 1.807) is 0 Å². The lowest BCUT2D eigenvalue weighted by Gasteiger charge is -2.13. The molecule has 33 heavy (non-hydrogen) atoms. The molecule has 0 saturated heterocycles. The topological polar surface area (TPSA) is 98.2 Å². The van der Waals surface area contributed by atoms with Gasteiger partial charge in [0.15, 0.2) is 5.82 Å². The first-order chi connectivity index (χ1) is 16.0. The Morgan fingerprint density at radius 2 is 1.88 bits per heavy atom. The van der Waals surface area contributed by atoms with Crippen molar-refractivity contribution in [3.05, 3.63) is 75.8 Å². The molecule has 1 aliphatic rings. The van der Waals surface area contributed by atoms with Crippen molar-refractivity contribution in [2.45, 2.75) is 45.6 Å². The lowest BCUT2D eigenvalue weighted by Crippen LogP contribution is -2.26. The van der Waals surface area contributed by atoms with E-state index in [9.17, 15) is 4.79 Å². The van der Waals surface area contributed by atoms with Crippen molar-refractivity contribution in [2.24, 2.45) is 10.7 Å². The normalized spacial score (nSPS) is 14.8. The van der Waals surface area contributed by atoms with Gasteiger partial charge in [0.2, 0.25) is 5.91 Å². The van der Waals surface area contributed by atoms with Crippen LogP contribution in [-0.4, -0.2) is 39.5 Å². The number of aryl methyl sites for hydroxylation is 2. The van der Waals surface area contributed by atoms with Gasteiger partial charge in [0.05, 0.1) is 17.8 Å². The molecule has 0 fully saturated rings. The molecule has 0 aliphatic carbocycles. The molecule has 7 nitrogen and oxygen atoms in total. The van der Waals surface area contributed by atoms with E-state index in [1.165, 1.54) is 0 Å². The van der Waals surface area contributed by atoms with E-state index in [0.29, 0.717) is 23.9 Å². The van der Waals surface area contributed by atoms with Crippen LogP contribution in [0, 0.1) is 13.8 Å². The van der Waals surface area contributed by atoms with E-state index in [4.69, 9.17) is 22.3 Å². The van der Waals surface area contributed by atoms with Gasteiger partial charge in [-0.25, -0.2) is 0 Å². The van der Waals surface area contributed by atoms with Crippen LogP contribution in [0.2, 0.25) is 5.02 Å². The molecule has 4 rings (SSSR count). The number of nitrogens with zero attached hydrogens (tertiary/aromatic N) is 4. The first-order valence-corrected chi connectivity index (χ1v) is 11.7. The summed E-state index contributed by atoms with van der Waals surface area (Å²) in [6.45, 7) is 5.28. The second-order valence-electron chi connectivity index (χ2n) is 8.37. The quantitative estimate of drug-likeness (QED) is 0.491. The molecule has 2 aromatic carbocycles. The number of aliphatic imine (C=N–C) groups is 1. The number of nitrogens with two attached hydrogens (primary N) is 1. The maximum atomic E-state index is 12.8. The molecule has 172 valence electrons. The molecular weight excluding hydrogens is 436 g/mol. The van der Waals surface area contributed by atoms with Crippen LogP contribution in [0.15, 0.2) is 47.5 Å². The minimum atomic E-state index is -0.464. The molecule has 1 amide bonds. The zero-order valence-corrected chi connectivity index (χ0v) is 19.8. The number of fused-ring (bicyclic) bond motifs is 3. The van der Waals surface area contributed by atoms with Crippen LogP contribution >= 0.6 is 11.6 Å². The zero-order chi connectivity index (χ0) is 23.4. The Kier molecular flexibility index (Phi) is 7.20. The van der Waals surface area contributed by atoms with Crippen LogP contribution in [0.4, 0.5) is 0 Å². The van der Waals surface area contributed by atoms with Gasteiger partial charge in [-0.2, -0.15) is 0 Å². The number of amides is 1. The molecule has 1 aromatic heterocycles. The van der Waals surface area contributed by atoms with Crippen molar-refractivity contribution in [1.82, 2.24) is 20.1 Å². The number of carbonyl (C=O) groups excluding carboxylic acids is 1. The fraction of sp³-hybridized carbons (Fsp3) is 0.360. The number of unbranched alkanes of at least 4 members (excludes halogenated alkanes) is 2. The van der Waals surface area contributed by atoms with Crippen molar-refractivity contribution in [3.63, 3.8) is 0 Å². The minimum Gasteiger partial charge on any atom is -0.356 e. The van der Waals surface area contributed by atoms with Gasteiger partial charge < -0.3 is 11.1 Å². The summed E-state index contributed by atoms with van der Waals surface area (Å²) in [6, 6.07) is 13.4. The number of halogens is 1. The Morgan fingerprint density at radius 1 is 1.09 bits per heavy atom. The average Bonchev–Trinajstić information content (AvgIpc) is 3.12. The average molecular weight is 465 g/mol. The smallest absolute Gasteiger partial charge is 0.222 e. The van der Waals surface area contributed by atoms with E-state index >= 15 is 0 Å². The molecule has 3 aromatic rings. The fourth-order valence-corrected chi connectivity index (χ4v) is 4.23. The van der Waals surface area contributed by atoms with Gasteiger partial charge in [-0.15, -0.1) is 10.2 Å². The first-order valence-electron chi connectivity index (χ1n) is 11.3. The molecule has 3 N–H and O–H groups in total. The van der Waals surface area contributed by atoms with Crippen LogP contribution in [0.3, 0.4) is 0 Å². The number of hydrogen-bond acceptors (Lipinski definition) is 5. The Bertz CT molecular complexity index is 1170. The van der Waals surface area contributed by atoms with Crippen LogP contribution in [0.1, 0.15) is 60.1 Å². The van der Waals surface area contributed by atoms with E-state index < -0.39 is 6.04 Å². The highest BCUT2D eigenvalue weighted by Gasteiger charge is 2.29. The number of hydrogen-bond donors (Lipinski definition) is 2. The summed E-state index contributed by atoms with van der Waals surface area (Å²) in [5, 5.41) is 12.4. The highest BCUT2D eigenvalue weighted by Crippen LogP contribution is 2.33. The number of nitrogens with one attached hydrogen (secondary N) is 1. The number of benzene rings is 2. The first kappa shape index (κ1) is 23.1. The van der Waals surface area contributed by atoms with Gasteiger partial charge in [-0.05, 0) is 57.5 Å². The molecule has 0 spiro atoms. The SMILES string of the molecule is Cc1ccc2c(c1)C(c1ccc(Cl)cc1)=N[C@@H](CC(=O)NCCCCCN)c1nnc(C)n1-2.